The van der Waals surface area contributed by atoms with Crippen molar-refractivity contribution in [3.8, 4) is 11.5 Å². The molecule has 0 aliphatic heterocycles. The Morgan fingerprint density at radius 2 is 2.16 bits per heavy atom. The fourth-order valence-electron chi connectivity index (χ4n) is 1.87. The summed E-state index contributed by atoms with van der Waals surface area (Å²) in [5, 5.41) is 11.3. The molecular formula is C14H18FN3O. The molecule has 2 rings (SSSR count). The van der Waals surface area contributed by atoms with E-state index >= 15 is 0 Å². The number of halogens is 1. The highest BCUT2D eigenvalue weighted by molar-refractivity contribution is 5.57. The van der Waals surface area contributed by atoms with Gasteiger partial charge in [0.25, 0.3) is 0 Å². The van der Waals surface area contributed by atoms with E-state index in [1.807, 2.05) is 6.92 Å². The number of benzene rings is 1. The molecule has 0 bridgehead atoms. The lowest BCUT2D eigenvalue weighted by atomic mass is 10.1. The van der Waals surface area contributed by atoms with Gasteiger partial charge in [0, 0.05) is 12.0 Å². The van der Waals surface area contributed by atoms with Crippen molar-refractivity contribution in [1.82, 2.24) is 15.5 Å². The fourth-order valence-corrected chi connectivity index (χ4v) is 1.87. The summed E-state index contributed by atoms with van der Waals surface area (Å²) in [6, 6.07) is 4.53. The Bertz CT molecular complexity index is 539. The van der Waals surface area contributed by atoms with Crippen LogP contribution in [0, 0.1) is 12.7 Å². The van der Waals surface area contributed by atoms with Crippen LogP contribution in [0.3, 0.4) is 0 Å². The minimum atomic E-state index is -0.258. The van der Waals surface area contributed by atoms with Crippen molar-refractivity contribution in [3.05, 3.63) is 35.5 Å². The maximum atomic E-state index is 13.0. The Morgan fingerprint density at radius 1 is 1.32 bits per heavy atom. The van der Waals surface area contributed by atoms with Gasteiger partial charge in [-0.05, 0) is 50.2 Å². The number of hydrogen-bond donors (Lipinski definition) is 1. The number of nitrogens with zero attached hydrogens (tertiary/aromatic N) is 2. The Balaban J connectivity index is 2.04. The number of rotatable bonds is 6. The molecule has 0 spiro atoms. The van der Waals surface area contributed by atoms with Crippen LogP contribution in [-0.2, 0) is 6.42 Å². The first-order valence-corrected chi connectivity index (χ1v) is 6.50. The van der Waals surface area contributed by atoms with Gasteiger partial charge >= 0.3 is 0 Å². The quantitative estimate of drug-likeness (QED) is 0.814. The van der Waals surface area contributed by atoms with Crippen LogP contribution >= 0.6 is 0 Å². The molecule has 0 aliphatic rings. The Labute approximate surface area is 112 Å². The Hall–Kier alpha value is -1.75. The van der Waals surface area contributed by atoms with E-state index in [9.17, 15) is 4.39 Å². The van der Waals surface area contributed by atoms with Gasteiger partial charge in [0.15, 0.2) is 0 Å². The standard InChI is InChI=1S/C14H18FN3O/c1-3-16-8-4-5-13-17-18-14(19-13)12-7-6-11(15)9-10(12)2/h6-7,9,16H,3-5,8H2,1-2H3. The van der Waals surface area contributed by atoms with Gasteiger partial charge < -0.3 is 9.73 Å². The van der Waals surface area contributed by atoms with Gasteiger partial charge in [-0.3, -0.25) is 0 Å². The molecule has 5 heteroatoms. The van der Waals surface area contributed by atoms with Gasteiger partial charge in [0.05, 0.1) is 0 Å². The first kappa shape index (κ1) is 13.7. The van der Waals surface area contributed by atoms with Crippen LogP contribution in [0.1, 0.15) is 24.8 Å². The summed E-state index contributed by atoms with van der Waals surface area (Å²) < 4.78 is 18.6. The molecule has 0 aliphatic carbocycles. The van der Waals surface area contributed by atoms with Crippen LogP contribution in [0.4, 0.5) is 4.39 Å². The summed E-state index contributed by atoms with van der Waals surface area (Å²) in [6.45, 7) is 5.79. The molecule has 0 saturated carbocycles. The lowest BCUT2D eigenvalue weighted by Gasteiger charge is -2.00. The zero-order valence-electron chi connectivity index (χ0n) is 11.2. The second-order valence-electron chi connectivity index (χ2n) is 4.42. The van der Waals surface area contributed by atoms with Gasteiger partial charge in [0.2, 0.25) is 11.8 Å². The summed E-state index contributed by atoms with van der Waals surface area (Å²) in [5.41, 5.74) is 1.58. The molecule has 1 heterocycles. The van der Waals surface area contributed by atoms with Crippen molar-refractivity contribution in [2.75, 3.05) is 13.1 Å². The van der Waals surface area contributed by atoms with Crippen molar-refractivity contribution in [2.45, 2.75) is 26.7 Å². The van der Waals surface area contributed by atoms with E-state index in [-0.39, 0.29) is 5.82 Å². The van der Waals surface area contributed by atoms with E-state index in [0.717, 1.165) is 37.1 Å². The molecule has 0 atom stereocenters. The second kappa shape index (κ2) is 6.43. The molecule has 1 aromatic heterocycles. The first-order chi connectivity index (χ1) is 9.20. The second-order valence-corrected chi connectivity index (χ2v) is 4.42. The van der Waals surface area contributed by atoms with E-state index in [1.165, 1.54) is 12.1 Å². The Kier molecular flexibility index (Phi) is 4.63. The average molecular weight is 263 g/mol. The molecule has 0 fully saturated rings. The van der Waals surface area contributed by atoms with Gasteiger partial charge in [-0.1, -0.05) is 6.92 Å². The molecule has 0 saturated heterocycles. The minimum absolute atomic E-state index is 0.258. The fraction of sp³-hybridized carbons (Fsp3) is 0.429. The van der Waals surface area contributed by atoms with Crippen LogP contribution in [0.2, 0.25) is 0 Å². The molecule has 19 heavy (non-hydrogen) atoms. The molecule has 0 unspecified atom stereocenters. The Morgan fingerprint density at radius 3 is 2.89 bits per heavy atom. The van der Waals surface area contributed by atoms with Crippen molar-refractivity contribution >= 4 is 0 Å². The SMILES string of the molecule is CCNCCCc1nnc(-c2ccc(F)cc2C)o1. The topological polar surface area (TPSA) is 51.0 Å². The molecule has 0 amide bonds. The van der Waals surface area contributed by atoms with Crippen molar-refractivity contribution in [2.24, 2.45) is 0 Å². The number of aromatic nitrogens is 2. The van der Waals surface area contributed by atoms with Crippen molar-refractivity contribution in [1.29, 1.82) is 0 Å². The summed E-state index contributed by atoms with van der Waals surface area (Å²) in [5.74, 6) is 0.819. The molecule has 2 aromatic rings. The molecule has 0 radical (unpaired) electrons. The minimum Gasteiger partial charge on any atom is -0.421 e. The number of hydrogen-bond acceptors (Lipinski definition) is 4. The highest BCUT2D eigenvalue weighted by Gasteiger charge is 2.11. The van der Waals surface area contributed by atoms with Crippen LogP contribution in [-0.4, -0.2) is 23.3 Å². The molecular weight excluding hydrogens is 245 g/mol. The molecule has 1 aromatic carbocycles. The van der Waals surface area contributed by atoms with E-state index in [4.69, 9.17) is 4.42 Å². The summed E-state index contributed by atoms with van der Waals surface area (Å²) in [7, 11) is 0. The molecule has 4 nitrogen and oxygen atoms in total. The lowest BCUT2D eigenvalue weighted by molar-refractivity contribution is 0.492. The summed E-state index contributed by atoms with van der Waals surface area (Å²) in [4.78, 5) is 0. The van der Waals surface area contributed by atoms with Crippen molar-refractivity contribution < 1.29 is 8.81 Å². The summed E-state index contributed by atoms with van der Waals surface area (Å²) >= 11 is 0. The van der Waals surface area contributed by atoms with Gasteiger partial charge in [-0.25, -0.2) is 4.39 Å². The normalized spacial score (nSPS) is 10.9. The van der Waals surface area contributed by atoms with Crippen LogP contribution < -0.4 is 5.32 Å². The third kappa shape index (κ3) is 3.61. The zero-order chi connectivity index (χ0) is 13.7. The monoisotopic (exact) mass is 263 g/mol. The lowest BCUT2D eigenvalue weighted by Crippen LogP contribution is -2.14. The van der Waals surface area contributed by atoms with E-state index in [2.05, 4.69) is 22.4 Å². The van der Waals surface area contributed by atoms with Crippen LogP contribution in [0.15, 0.2) is 22.6 Å². The predicted molar refractivity (Wildman–Crippen MR) is 71.3 cm³/mol. The maximum absolute atomic E-state index is 13.0. The number of aryl methyl sites for hydroxylation is 2. The summed E-state index contributed by atoms with van der Waals surface area (Å²) in [6.07, 6.45) is 1.71. The number of nitrogens with one attached hydrogen (secondary N) is 1. The van der Waals surface area contributed by atoms with Gasteiger partial charge in [-0.15, -0.1) is 10.2 Å². The maximum Gasteiger partial charge on any atom is 0.248 e. The van der Waals surface area contributed by atoms with Gasteiger partial charge in [0.1, 0.15) is 5.82 Å². The average Bonchev–Trinajstić information content (AvgIpc) is 2.83. The van der Waals surface area contributed by atoms with Crippen LogP contribution in [0.25, 0.3) is 11.5 Å². The van der Waals surface area contributed by atoms with E-state index < -0.39 is 0 Å². The molecule has 102 valence electrons. The van der Waals surface area contributed by atoms with Crippen molar-refractivity contribution in [3.63, 3.8) is 0 Å². The van der Waals surface area contributed by atoms with Crippen LogP contribution in [0.5, 0.6) is 0 Å². The molecule has 1 N–H and O–H groups in total. The highest BCUT2D eigenvalue weighted by atomic mass is 19.1. The smallest absolute Gasteiger partial charge is 0.248 e. The van der Waals surface area contributed by atoms with E-state index in [0.29, 0.717) is 11.8 Å². The first-order valence-electron chi connectivity index (χ1n) is 6.50. The zero-order valence-corrected chi connectivity index (χ0v) is 11.2. The largest absolute Gasteiger partial charge is 0.421 e. The highest BCUT2D eigenvalue weighted by Crippen LogP contribution is 2.22. The third-order valence-corrected chi connectivity index (χ3v) is 2.88. The van der Waals surface area contributed by atoms with Gasteiger partial charge in [-0.2, -0.15) is 0 Å². The predicted octanol–water partition coefficient (Wildman–Crippen LogP) is 2.73. The third-order valence-electron chi connectivity index (χ3n) is 2.88. The van der Waals surface area contributed by atoms with E-state index in [1.54, 1.807) is 6.07 Å².